The van der Waals surface area contributed by atoms with E-state index in [-0.39, 0.29) is 59.1 Å². The van der Waals surface area contributed by atoms with E-state index in [0.29, 0.717) is 94.9 Å². The molecule has 8 N–H and O–H groups in total. The predicted molar refractivity (Wildman–Crippen MR) is 370 cm³/mol. The molecule has 8 heterocycles. The number of aromatic carboxylic acids is 1. The Kier molecular flexibility index (Phi) is 26.7. The quantitative estimate of drug-likeness (QED) is 0.0137. The van der Waals surface area contributed by atoms with Crippen LogP contribution in [0.15, 0.2) is 199 Å². The zero-order valence-electron chi connectivity index (χ0n) is 54.7. The van der Waals surface area contributed by atoms with Crippen LogP contribution in [0, 0.1) is 11.6 Å². The third-order valence-corrected chi connectivity index (χ3v) is 16.6. The minimum absolute atomic E-state index is 0.0177. The van der Waals surface area contributed by atoms with E-state index >= 15 is 0 Å². The number of nitrogens with zero attached hydrogens (tertiary/aromatic N) is 14. The van der Waals surface area contributed by atoms with E-state index in [4.69, 9.17) is 53.5 Å². The highest BCUT2D eigenvalue weighted by Crippen LogP contribution is 2.41. The number of halogens is 6. The Morgan fingerprint density at radius 2 is 0.990 bits per heavy atom. The van der Waals surface area contributed by atoms with Gasteiger partial charge in [0, 0.05) is 105 Å². The Morgan fingerprint density at radius 3 is 1.36 bits per heavy atom. The minimum atomic E-state index is -1.14. The monoisotopic (exact) mass is 1490 g/mol. The van der Waals surface area contributed by atoms with Gasteiger partial charge < -0.3 is 46.5 Å². The van der Waals surface area contributed by atoms with Gasteiger partial charge in [-0.05, 0) is 129 Å². The summed E-state index contributed by atoms with van der Waals surface area (Å²) in [5.41, 5.74) is 11.8. The highest BCUT2D eigenvalue weighted by atomic mass is 35.5. The summed E-state index contributed by atoms with van der Waals surface area (Å²) in [6, 6.07) is 26.7. The number of aliphatic hydroxyl groups is 2. The number of nitrogens with two attached hydrogens (primary N) is 1. The van der Waals surface area contributed by atoms with Crippen LogP contribution in [-0.4, -0.2) is 140 Å². The molecule has 29 nitrogen and oxygen atoms in total. The number of hydrogen-bond acceptors (Lipinski definition) is 25. The number of aromatic nitrogens is 8. The van der Waals surface area contributed by atoms with Crippen molar-refractivity contribution >= 4 is 92.0 Å². The van der Waals surface area contributed by atoms with Crippen molar-refractivity contribution in [3.63, 3.8) is 0 Å². The zero-order valence-corrected chi connectivity index (χ0v) is 57.7. The van der Waals surface area contributed by atoms with E-state index in [0.717, 1.165) is 29.7 Å². The number of ether oxygens (including phenoxy) is 2. The lowest BCUT2D eigenvalue weighted by molar-refractivity contribution is -0.127. The van der Waals surface area contributed by atoms with Gasteiger partial charge in [0.05, 0.1) is 55.8 Å². The van der Waals surface area contributed by atoms with Crippen molar-refractivity contribution in [2.45, 2.75) is 76.4 Å². The SMILES string of the molecule is CC1(c2ccc(C(=O)NCCCn3cc(COCC4=C(C(=O)CO)C(c5ccc(F)cc5Cl)N=C(c5ccncc5)N4)nn3)cc2)N=N1.CC1(c2ccc(C(=O)O)cc2)N=N1.NCCCn1cc(COCC2=C(C(=O)CO)C(c3ccc(F)cc3Cl)N=C(c3ccncc3)N2)nn1.O=C(Cl)C(=O)Cl. The van der Waals surface area contributed by atoms with E-state index in [1.807, 2.05) is 26.0 Å². The fourth-order valence-electron chi connectivity index (χ4n) is 10.0. The molecule has 0 saturated heterocycles. The summed E-state index contributed by atoms with van der Waals surface area (Å²) in [4.78, 5) is 85.4. The van der Waals surface area contributed by atoms with E-state index in [9.17, 15) is 47.8 Å². The zero-order chi connectivity index (χ0) is 73.8. The number of carbonyl (C=O) groups excluding carboxylic acids is 5. The molecule has 103 heavy (non-hydrogen) atoms. The molecule has 0 bridgehead atoms. The smallest absolute Gasteiger partial charge is 0.335 e. The number of hydrogen-bond donors (Lipinski definition) is 7. The normalized spacial score (nSPS) is 15.6. The Hall–Kier alpha value is -10.5. The number of carboxylic acid groups (broad SMARTS) is 1. The lowest BCUT2D eigenvalue weighted by Crippen LogP contribution is -2.36. The van der Waals surface area contributed by atoms with Gasteiger partial charge in [0.15, 0.2) is 11.6 Å². The molecule has 35 heteroatoms. The van der Waals surface area contributed by atoms with Gasteiger partial charge in [0.2, 0.25) is 11.3 Å². The molecule has 2 unspecified atom stereocenters. The maximum atomic E-state index is 13.9. The maximum Gasteiger partial charge on any atom is 0.335 e. The molecule has 8 aromatic rings. The first-order chi connectivity index (χ1) is 49.5. The van der Waals surface area contributed by atoms with Gasteiger partial charge in [-0.2, -0.15) is 20.5 Å². The topological polar surface area (TPSA) is 405 Å². The van der Waals surface area contributed by atoms with Gasteiger partial charge >= 0.3 is 16.5 Å². The summed E-state index contributed by atoms with van der Waals surface area (Å²) in [6.07, 6.45) is 11.3. The molecule has 1 amide bonds. The molecule has 4 aromatic heterocycles. The summed E-state index contributed by atoms with van der Waals surface area (Å²) in [5.74, 6) is -2.41. The summed E-state index contributed by atoms with van der Waals surface area (Å²) < 4.78 is 42.8. The van der Waals surface area contributed by atoms with Crippen LogP contribution in [0.3, 0.4) is 0 Å². The van der Waals surface area contributed by atoms with Crippen LogP contribution in [0.2, 0.25) is 10.0 Å². The van der Waals surface area contributed by atoms with Crippen molar-refractivity contribution < 1.29 is 62.3 Å². The number of aliphatic imine (C=N–C) groups is 2. The largest absolute Gasteiger partial charge is 0.478 e. The molecular formula is C68H64Cl4F2N18O11. The number of aliphatic hydroxyl groups excluding tert-OH is 2. The summed E-state index contributed by atoms with van der Waals surface area (Å²) in [7, 11) is 0. The van der Waals surface area contributed by atoms with Crippen LogP contribution in [0.1, 0.15) is 104 Å². The lowest BCUT2D eigenvalue weighted by atomic mass is 9.92. The van der Waals surface area contributed by atoms with Gasteiger partial charge in [-0.3, -0.25) is 53.3 Å². The Labute approximate surface area is 605 Å². The van der Waals surface area contributed by atoms with Crippen molar-refractivity contribution in [3.8, 4) is 0 Å². The number of benzene rings is 4. The van der Waals surface area contributed by atoms with Crippen LogP contribution >= 0.6 is 46.4 Å². The Morgan fingerprint density at radius 1 is 0.583 bits per heavy atom. The van der Waals surface area contributed by atoms with Crippen molar-refractivity contribution in [3.05, 3.63) is 246 Å². The first-order valence-corrected chi connectivity index (χ1v) is 32.8. The van der Waals surface area contributed by atoms with Crippen molar-refractivity contribution in [1.29, 1.82) is 0 Å². The number of carboxylic acids is 1. The standard InChI is InChI=1S/C33H31ClFN9O4.C24H25ClFN7O3.C9H8N2O2.C2Cl2O2/c1-33(41-42-33)22-5-3-21(4-6-22)32(47)37-11-2-14-44-16-24(40-43-44)18-48-19-27-29(28(46)17-45)30(25-8-7-23(35)15-26(25)34)39-31(38-27)20-9-12-36-13-10-20;25-19-10-16(26)2-3-18(19)23-22(21(35)12-34)20(29-24(30-23)15-4-7-28-8-5-15)14-36-13-17-11-33(32-31-17)9-1-6-27;1-9(10-11-9)7-4-2-6(3-5-7)8(12)13;3-1(5)2(4)6/h3-10,12-13,15-16,30,45H,2,11,14,17-19H2,1H3,(H,37,47)(H,38,39);2-5,7-8,10-11,23,34H,1,6,9,12-14,27H2,(H,29,30);2-5H,1H3,(H,12,13);. The number of Topliss-reactive ketones (excluding diaryl/α,β-unsaturated/α-hetero) is 2. The maximum absolute atomic E-state index is 13.9. The molecule has 0 radical (unpaired) electrons. The lowest BCUT2D eigenvalue weighted by Gasteiger charge is -2.28. The molecule has 4 aliphatic rings. The minimum Gasteiger partial charge on any atom is -0.478 e. The average molecular weight is 1490 g/mol. The molecule has 2 atom stereocenters. The molecule has 12 rings (SSSR count). The molecule has 0 fully saturated rings. The first-order valence-electron chi connectivity index (χ1n) is 31.3. The number of nitrogens with one attached hydrogen (secondary N) is 3. The van der Waals surface area contributed by atoms with Gasteiger partial charge in [0.1, 0.15) is 60.0 Å². The second-order valence-electron chi connectivity index (χ2n) is 22.9. The molecule has 4 aliphatic heterocycles. The number of carbonyl (C=O) groups is 6. The number of pyridine rings is 2. The molecule has 4 aromatic carbocycles. The summed E-state index contributed by atoms with van der Waals surface area (Å²) in [5, 5.41) is 67.5. The highest BCUT2D eigenvalue weighted by Gasteiger charge is 2.38. The van der Waals surface area contributed by atoms with Crippen molar-refractivity contribution in [2.24, 2.45) is 36.2 Å². The van der Waals surface area contributed by atoms with E-state index in [1.54, 1.807) is 107 Å². The van der Waals surface area contributed by atoms with Gasteiger partial charge in [-0.1, -0.05) is 70.0 Å². The van der Waals surface area contributed by atoms with Crippen LogP contribution in [0.5, 0.6) is 0 Å². The van der Waals surface area contributed by atoms with Crippen LogP contribution in [0.4, 0.5) is 8.78 Å². The van der Waals surface area contributed by atoms with E-state index in [2.05, 4.69) is 90.2 Å². The van der Waals surface area contributed by atoms with Crippen LogP contribution in [-0.2, 0) is 66.3 Å². The Bertz CT molecular complexity index is 4580. The molecule has 0 aliphatic carbocycles. The third-order valence-electron chi connectivity index (χ3n) is 15.5. The second kappa shape index (κ2) is 35.9. The number of ketones is 2. The fourth-order valence-corrected chi connectivity index (χ4v) is 10.6. The summed E-state index contributed by atoms with van der Waals surface area (Å²) >= 11 is 21.7. The number of amides is 1. The van der Waals surface area contributed by atoms with Gasteiger partial charge in [0.25, 0.3) is 5.91 Å². The molecule has 0 saturated carbocycles. The van der Waals surface area contributed by atoms with Crippen molar-refractivity contribution in [2.75, 3.05) is 39.5 Å². The van der Waals surface area contributed by atoms with E-state index in [1.165, 1.54) is 24.3 Å². The summed E-state index contributed by atoms with van der Waals surface area (Å²) in [6.45, 7) is 4.55. The fraction of sp³-hybridized carbons (Fsp3) is 0.265. The molecule has 534 valence electrons. The van der Waals surface area contributed by atoms with Crippen LogP contribution < -0.4 is 21.7 Å². The molecule has 0 spiro atoms. The highest BCUT2D eigenvalue weighted by molar-refractivity contribution is 6.97. The average Bonchev–Trinajstić information content (AvgIpc) is 1.70. The molecular weight excluding hydrogens is 1420 g/mol. The Balaban J connectivity index is 0.000000195. The van der Waals surface area contributed by atoms with E-state index < -0.39 is 76.3 Å². The number of amidine groups is 2. The third kappa shape index (κ3) is 21.1. The second-order valence-corrected chi connectivity index (χ2v) is 24.4. The predicted octanol–water partition coefficient (Wildman–Crippen LogP) is 8.53. The first kappa shape index (κ1) is 76.7. The van der Waals surface area contributed by atoms with Gasteiger partial charge in [-0.15, -0.1) is 10.2 Å². The number of aryl methyl sites for hydroxylation is 2. The van der Waals surface area contributed by atoms with Crippen molar-refractivity contribution in [1.82, 2.24) is 55.9 Å². The van der Waals surface area contributed by atoms with Crippen LogP contribution in [0.25, 0.3) is 0 Å². The number of rotatable bonds is 28. The van der Waals surface area contributed by atoms with Gasteiger partial charge in [-0.25, -0.2) is 13.6 Å².